The second-order valence-corrected chi connectivity index (χ2v) is 4.12. The predicted molar refractivity (Wildman–Crippen MR) is 71.1 cm³/mol. The molecule has 1 heterocycles. The van der Waals surface area contributed by atoms with E-state index < -0.39 is 0 Å². The number of hydrazine groups is 1. The SMILES string of the molecule is COc1ccc(C(NN)c2cccnc2)cc1C. The fourth-order valence-electron chi connectivity index (χ4n) is 2.01. The van der Waals surface area contributed by atoms with Gasteiger partial charge in [-0.05, 0) is 35.7 Å². The van der Waals surface area contributed by atoms with Gasteiger partial charge in [0, 0.05) is 12.4 Å². The molecule has 0 saturated heterocycles. The standard InChI is InChI=1S/C14H17N3O/c1-10-8-11(5-6-13(10)18-2)14(17-15)12-4-3-7-16-9-12/h3-9,14,17H,15H2,1-2H3. The summed E-state index contributed by atoms with van der Waals surface area (Å²) < 4.78 is 5.26. The minimum absolute atomic E-state index is 0.0664. The first-order valence-electron chi connectivity index (χ1n) is 5.77. The summed E-state index contributed by atoms with van der Waals surface area (Å²) in [5, 5.41) is 0. The molecule has 1 aromatic heterocycles. The van der Waals surface area contributed by atoms with Gasteiger partial charge in [-0.1, -0.05) is 18.2 Å². The lowest BCUT2D eigenvalue weighted by molar-refractivity contribution is 0.411. The van der Waals surface area contributed by atoms with E-state index in [1.165, 1.54) is 0 Å². The van der Waals surface area contributed by atoms with Crippen molar-refractivity contribution in [2.45, 2.75) is 13.0 Å². The number of aromatic nitrogens is 1. The summed E-state index contributed by atoms with van der Waals surface area (Å²) in [6.07, 6.45) is 3.56. The Balaban J connectivity index is 2.37. The zero-order chi connectivity index (χ0) is 13.0. The van der Waals surface area contributed by atoms with E-state index in [4.69, 9.17) is 10.6 Å². The summed E-state index contributed by atoms with van der Waals surface area (Å²) in [5.74, 6) is 6.52. The topological polar surface area (TPSA) is 60.2 Å². The van der Waals surface area contributed by atoms with Gasteiger partial charge in [-0.25, -0.2) is 5.43 Å². The maximum atomic E-state index is 5.65. The van der Waals surface area contributed by atoms with Gasteiger partial charge in [-0.3, -0.25) is 10.8 Å². The van der Waals surface area contributed by atoms with Gasteiger partial charge >= 0.3 is 0 Å². The van der Waals surface area contributed by atoms with Crippen LogP contribution in [0.15, 0.2) is 42.7 Å². The molecule has 4 nitrogen and oxygen atoms in total. The van der Waals surface area contributed by atoms with Crippen molar-refractivity contribution in [1.82, 2.24) is 10.4 Å². The van der Waals surface area contributed by atoms with E-state index in [0.717, 1.165) is 22.4 Å². The van der Waals surface area contributed by atoms with Crippen molar-refractivity contribution < 1.29 is 4.74 Å². The molecule has 0 fully saturated rings. The minimum atomic E-state index is -0.0664. The Kier molecular flexibility index (Phi) is 3.92. The highest BCUT2D eigenvalue weighted by atomic mass is 16.5. The lowest BCUT2D eigenvalue weighted by Gasteiger charge is -2.17. The van der Waals surface area contributed by atoms with Gasteiger partial charge in [0.15, 0.2) is 0 Å². The molecule has 94 valence electrons. The number of ether oxygens (including phenoxy) is 1. The van der Waals surface area contributed by atoms with Gasteiger partial charge in [0.1, 0.15) is 5.75 Å². The van der Waals surface area contributed by atoms with Crippen molar-refractivity contribution in [3.63, 3.8) is 0 Å². The molecule has 2 rings (SSSR count). The van der Waals surface area contributed by atoms with Gasteiger partial charge in [0.25, 0.3) is 0 Å². The van der Waals surface area contributed by atoms with Crippen LogP contribution < -0.4 is 16.0 Å². The number of nitrogens with one attached hydrogen (secondary N) is 1. The second-order valence-electron chi connectivity index (χ2n) is 4.12. The molecular formula is C14H17N3O. The van der Waals surface area contributed by atoms with E-state index in [9.17, 15) is 0 Å². The molecule has 0 bridgehead atoms. The molecule has 0 aliphatic heterocycles. The largest absolute Gasteiger partial charge is 0.496 e. The van der Waals surface area contributed by atoms with Crippen molar-refractivity contribution >= 4 is 0 Å². The summed E-state index contributed by atoms with van der Waals surface area (Å²) in [6.45, 7) is 2.01. The Labute approximate surface area is 107 Å². The number of hydrogen-bond acceptors (Lipinski definition) is 4. The zero-order valence-electron chi connectivity index (χ0n) is 10.6. The third-order valence-corrected chi connectivity index (χ3v) is 2.94. The van der Waals surface area contributed by atoms with Crippen LogP contribution in [0.3, 0.4) is 0 Å². The van der Waals surface area contributed by atoms with E-state index in [0.29, 0.717) is 0 Å². The van der Waals surface area contributed by atoms with Crippen molar-refractivity contribution in [2.24, 2.45) is 5.84 Å². The van der Waals surface area contributed by atoms with E-state index in [2.05, 4.69) is 16.5 Å². The van der Waals surface area contributed by atoms with Crippen LogP contribution in [-0.4, -0.2) is 12.1 Å². The first-order valence-corrected chi connectivity index (χ1v) is 5.77. The third kappa shape index (κ3) is 2.50. The van der Waals surface area contributed by atoms with Crippen LogP contribution in [0, 0.1) is 6.92 Å². The normalized spacial score (nSPS) is 12.2. The lowest BCUT2D eigenvalue weighted by atomic mass is 9.99. The molecule has 2 aromatic rings. The highest BCUT2D eigenvalue weighted by Crippen LogP contribution is 2.25. The van der Waals surface area contributed by atoms with Crippen LogP contribution in [0.1, 0.15) is 22.7 Å². The van der Waals surface area contributed by atoms with Crippen LogP contribution in [0.4, 0.5) is 0 Å². The average Bonchev–Trinajstić information content (AvgIpc) is 2.41. The van der Waals surface area contributed by atoms with Crippen LogP contribution in [0.25, 0.3) is 0 Å². The molecule has 0 spiro atoms. The molecule has 1 atom stereocenters. The molecule has 0 aliphatic rings. The number of methoxy groups -OCH3 is 1. The third-order valence-electron chi connectivity index (χ3n) is 2.94. The Bertz CT molecular complexity index is 514. The summed E-state index contributed by atoms with van der Waals surface area (Å²) in [7, 11) is 1.67. The molecule has 0 saturated carbocycles. The Morgan fingerprint density at radius 2 is 2.11 bits per heavy atom. The van der Waals surface area contributed by atoms with Crippen molar-refractivity contribution in [2.75, 3.05) is 7.11 Å². The number of nitrogens with two attached hydrogens (primary N) is 1. The van der Waals surface area contributed by atoms with E-state index >= 15 is 0 Å². The summed E-state index contributed by atoms with van der Waals surface area (Å²) in [4.78, 5) is 4.11. The molecular weight excluding hydrogens is 226 g/mol. The van der Waals surface area contributed by atoms with Crippen molar-refractivity contribution in [3.05, 3.63) is 59.4 Å². The van der Waals surface area contributed by atoms with Gasteiger partial charge in [-0.15, -0.1) is 0 Å². The van der Waals surface area contributed by atoms with E-state index in [1.807, 2.05) is 37.4 Å². The summed E-state index contributed by atoms with van der Waals surface area (Å²) >= 11 is 0. The van der Waals surface area contributed by atoms with Crippen LogP contribution in [-0.2, 0) is 0 Å². The lowest BCUT2D eigenvalue weighted by Crippen LogP contribution is -2.28. The second kappa shape index (κ2) is 5.62. The summed E-state index contributed by atoms with van der Waals surface area (Å²) in [5.41, 5.74) is 6.02. The monoisotopic (exact) mass is 243 g/mol. The maximum Gasteiger partial charge on any atom is 0.121 e. The highest BCUT2D eigenvalue weighted by molar-refractivity contribution is 5.40. The Hall–Kier alpha value is -1.91. The van der Waals surface area contributed by atoms with Crippen molar-refractivity contribution in [3.8, 4) is 5.75 Å². The molecule has 1 aromatic carbocycles. The fourth-order valence-corrected chi connectivity index (χ4v) is 2.01. The highest BCUT2D eigenvalue weighted by Gasteiger charge is 2.13. The Morgan fingerprint density at radius 1 is 1.28 bits per heavy atom. The van der Waals surface area contributed by atoms with Crippen molar-refractivity contribution in [1.29, 1.82) is 0 Å². The summed E-state index contributed by atoms with van der Waals surface area (Å²) in [6, 6.07) is 9.85. The number of pyridine rings is 1. The number of aryl methyl sites for hydroxylation is 1. The first-order chi connectivity index (χ1) is 8.76. The number of rotatable bonds is 4. The molecule has 0 aliphatic carbocycles. The number of nitrogens with zero attached hydrogens (tertiary/aromatic N) is 1. The van der Waals surface area contributed by atoms with E-state index in [-0.39, 0.29) is 6.04 Å². The van der Waals surface area contributed by atoms with E-state index in [1.54, 1.807) is 13.3 Å². The maximum absolute atomic E-state index is 5.65. The molecule has 4 heteroatoms. The molecule has 1 unspecified atom stereocenters. The quantitative estimate of drug-likeness (QED) is 0.636. The average molecular weight is 243 g/mol. The zero-order valence-corrected chi connectivity index (χ0v) is 10.6. The van der Waals surface area contributed by atoms with Gasteiger partial charge < -0.3 is 4.74 Å². The van der Waals surface area contributed by atoms with Crippen LogP contribution >= 0.6 is 0 Å². The van der Waals surface area contributed by atoms with Gasteiger partial charge in [-0.2, -0.15) is 0 Å². The molecule has 3 N–H and O–H groups in total. The fraction of sp³-hybridized carbons (Fsp3) is 0.214. The Morgan fingerprint density at radius 3 is 2.67 bits per heavy atom. The number of hydrogen-bond donors (Lipinski definition) is 2. The van der Waals surface area contributed by atoms with Gasteiger partial charge in [0.2, 0.25) is 0 Å². The predicted octanol–water partition coefficient (Wildman–Crippen LogP) is 1.95. The van der Waals surface area contributed by atoms with Crippen LogP contribution in [0.2, 0.25) is 0 Å². The van der Waals surface area contributed by atoms with Crippen LogP contribution in [0.5, 0.6) is 5.75 Å². The molecule has 0 radical (unpaired) electrons. The molecule has 18 heavy (non-hydrogen) atoms. The smallest absolute Gasteiger partial charge is 0.121 e. The first kappa shape index (κ1) is 12.5. The minimum Gasteiger partial charge on any atom is -0.496 e. The number of benzene rings is 1. The van der Waals surface area contributed by atoms with Gasteiger partial charge in [0.05, 0.1) is 13.2 Å². The molecule has 0 amide bonds.